The molecule has 0 spiro atoms. The number of amides is 1. The van der Waals surface area contributed by atoms with Gasteiger partial charge in [-0.05, 0) is 50.2 Å². The molecule has 2 fully saturated rings. The Bertz CT molecular complexity index is 713. The van der Waals surface area contributed by atoms with Crippen LogP contribution in [0.25, 0.3) is 11.4 Å². The van der Waals surface area contributed by atoms with E-state index in [4.69, 9.17) is 0 Å². The Morgan fingerprint density at radius 3 is 2.70 bits per heavy atom. The Balaban J connectivity index is 1.41. The van der Waals surface area contributed by atoms with Crippen molar-refractivity contribution >= 4 is 5.91 Å². The van der Waals surface area contributed by atoms with E-state index in [2.05, 4.69) is 20.7 Å². The SMILES string of the molecule is Cc1ccc(-c2nnn(CC(=O)NC34CCC(CC3)C4)n2)cc1. The molecule has 2 aliphatic rings. The van der Waals surface area contributed by atoms with Crippen LogP contribution >= 0.6 is 0 Å². The topological polar surface area (TPSA) is 72.7 Å². The van der Waals surface area contributed by atoms with Gasteiger partial charge in [0.15, 0.2) is 0 Å². The summed E-state index contributed by atoms with van der Waals surface area (Å²) in [6.45, 7) is 2.17. The van der Waals surface area contributed by atoms with Crippen molar-refractivity contribution in [2.75, 3.05) is 0 Å². The molecule has 1 amide bonds. The van der Waals surface area contributed by atoms with Gasteiger partial charge in [-0.1, -0.05) is 29.8 Å². The molecule has 23 heavy (non-hydrogen) atoms. The highest BCUT2D eigenvalue weighted by Crippen LogP contribution is 2.47. The molecule has 2 aliphatic carbocycles. The average Bonchev–Trinajstić information content (AvgIpc) is 3.23. The molecule has 120 valence electrons. The fraction of sp³-hybridized carbons (Fsp3) is 0.529. The number of fused-ring (bicyclic) bond motifs is 2. The van der Waals surface area contributed by atoms with Crippen molar-refractivity contribution in [1.29, 1.82) is 0 Å². The minimum atomic E-state index is -0.0135. The van der Waals surface area contributed by atoms with E-state index < -0.39 is 0 Å². The third-order valence-electron chi connectivity index (χ3n) is 5.19. The van der Waals surface area contributed by atoms with Crippen molar-refractivity contribution in [3.8, 4) is 11.4 Å². The lowest BCUT2D eigenvalue weighted by atomic mass is 9.94. The van der Waals surface area contributed by atoms with Gasteiger partial charge < -0.3 is 5.32 Å². The first-order chi connectivity index (χ1) is 11.1. The first-order valence-corrected chi connectivity index (χ1v) is 8.28. The number of hydrogen-bond acceptors (Lipinski definition) is 4. The van der Waals surface area contributed by atoms with E-state index in [1.165, 1.54) is 23.2 Å². The van der Waals surface area contributed by atoms with Gasteiger partial charge >= 0.3 is 0 Å². The molecule has 2 saturated carbocycles. The molecule has 4 rings (SSSR count). The molecule has 0 atom stereocenters. The molecule has 1 aromatic carbocycles. The van der Waals surface area contributed by atoms with Gasteiger partial charge in [0.1, 0.15) is 6.54 Å². The largest absolute Gasteiger partial charge is 0.349 e. The normalized spacial score (nSPS) is 25.7. The molecule has 0 saturated heterocycles. The van der Waals surface area contributed by atoms with E-state index in [-0.39, 0.29) is 18.0 Å². The van der Waals surface area contributed by atoms with Gasteiger partial charge in [-0.15, -0.1) is 10.2 Å². The van der Waals surface area contributed by atoms with Crippen LogP contribution in [-0.2, 0) is 11.3 Å². The van der Waals surface area contributed by atoms with Gasteiger partial charge in [0.05, 0.1) is 0 Å². The number of tetrazole rings is 1. The highest BCUT2D eigenvalue weighted by molar-refractivity contribution is 5.76. The lowest BCUT2D eigenvalue weighted by molar-refractivity contribution is -0.124. The van der Waals surface area contributed by atoms with E-state index in [0.717, 1.165) is 30.7 Å². The Morgan fingerprint density at radius 1 is 1.30 bits per heavy atom. The lowest BCUT2D eigenvalue weighted by Crippen LogP contribution is -2.46. The summed E-state index contributed by atoms with van der Waals surface area (Å²) in [6.07, 6.45) is 5.86. The van der Waals surface area contributed by atoms with Crippen LogP contribution in [-0.4, -0.2) is 31.7 Å². The molecule has 1 N–H and O–H groups in total. The van der Waals surface area contributed by atoms with E-state index in [9.17, 15) is 4.79 Å². The molecular formula is C17H21N5O. The number of rotatable bonds is 4. The summed E-state index contributed by atoms with van der Waals surface area (Å²) in [5, 5.41) is 15.6. The summed E-state index contributed by atoms with van der Waals surface area (Å²) in [5.41, 5.74) is 2.14. The fourth-order valence-corrected chi connectivity index (χ4v) is 3.96. The van der Waals surface area contributed by atoms with Crippen molar-refractivity contribution in [1.82, 2.24) is 25.5 Å². The van der Waals surface area contributed by atoms with Crippen molar-refractivity contribution in [2.24, 2.45) is 5.92 Å². The zero-order valence-corrected chi connectivity index (χ0v) is 13.3. The molecule has 0 radical (unpaired) electrons. The standard InChI is InChI=1S/C17H21N5O/c1-12-2-4-14(5-3-12)16-19-21-22(20-16)11-15(23)18-17-8-6-13(10-17)7-9-17/h2-5,13H,6-11H2,1H3,(H,18,23). The number of hydrogen-bond donors (Lipinski definition) is 1. The van der Waals surface area contributed by atoms with Crippen LogP contribution in [0, 0.1) is 12.8 Å². The van der Waals surface area contributed by atoms with Gasteiger partial charge in [-0.3, -0.25) is 4.79 Å². The minimum absolute atomic E-state index is 0.0135. The van der Waals surface area contributed by atoms with Crippen LogP contribution in [0.15, 0.2) is 24.3 Å². The number of nitrogens with one attached hydrogen (secondary N) is 1. The van der Waals surface area contributed by atoms with Gasteiger partial charge in [0, 0.05) is 11.1 Å². The quantitative estimate of drug-likeness (QED) is 0.938. The maximum Gasteiger partial charge on any atom is 0.244 e. The van der Waals surface area contributed by atoms with Crippen molar-refractivity contribution in [2.45, 2.75) is 51.1 Å². The van der Waals surface area contributed by atoms with Gasteiger partial charge in [0.2, 0.25) is 11.7 Å². The van der Waals surface area contributed by atoms with Crippen LogP contribution in [0.2, 0.25) is 0 Å². The number of aryl methyl sites for hydroxylation is 1. The summed E-state index contributed by atoms with van der Waals surface area (Å²) >= 11 is 0. The monoisotopic (exact) mass is 311 g/mol. The third-order valence-corrected chi connectivity index (χ3v) is 5.19. The van der Waals surface area contributed by atoms with Crippen LogP contribution in [0.1, 0.15) is 37.7 Å². The first kappa shape index (κ1) is 14.4. The molecule has 6 heteroatoms. The summed E-state index contributed by atoms with van der Waals surface area (Å²) in [6, 6.07) is 7.96. The minimum Gasteiger partial charge on any atom is -0.349 e. The van der Waals surface area contributed by atoms with Crippen LogP contribution in [0.3, 0.4) is 0 Å². The summed E-state index contributed by atoms with van der Waals surface area (Å²) < 4.78 is 0. The van der Waals surface area contributed by atoms with E-state index >= 15 is 0 Å². The summed E-state index contributed by atoms with van der Waals surface area (Å²) in [7, 11) is 0. The Hall–Kier alpha value is -2.24. The molecule has 1 heterocycles. The van der Waals surface area contributed by atoms with Crippen molar-refractivity contribution in [3.63, 3.8) is 0 Å². The second-order valence-corrected chi connectivity index (χ2v) is 6.99. The van der Waals surface area contributed by atoms with Gasteiger partial charge in [-0.2, -0.15) is 4.80 Å². The Kier molecular flexibility index (Phi) is 3.39. The highest BCUT2D eigenvalue weighted by Gasteiger charge is 2.45. The predicted molar refractivity (Wildman–Crippen MR) is 85.4 cm³/mol. The van der Waals surface area contributed by atoms with Gasteiger partial charge in [-0.25, -0.2) is 0 Å². The summed E-state index contributed by atoms with van der Waals surface area (Å²) in [5.74, 6) is 1.35. The molecule has 2 aromatic rings. The highest BCUT2D eigenvalue weighted by atomic mass is 16.2. The lowest BCUT2D eigenvalue weighted by Gasteiger charge is -2.27. The average molecular weight is 311 g/mol. The Labute approximate surface area is 135 Å². The molecular weight excluding hydrogens is 290 g/mol. The van der Waals surface area contributed by atoms with E-state index in [0.29, 0.717) is 5.82 Å². The smallest absolute Gasteiger partial charge is 0.244 e. The zero-order chi connectivity index (χ0) is 15.9. The summed E-state index contributed by atoms with van der Waals surface area (Å²) in [4.78, 5) is 13.7. The van der Waals surface area contributed by atoms with Crippen LogP contribution in [0.4, 0.5) is 0 Å². The molecule has 6 nitrogen and oxygen atoms in total. The number of nitrogens with zero attached hydrogens (tertiary/aromatic N) is 4. The second-order valence-electron chi connectivity index (χ2n) is 6.99. The number of aromatic nitrogens is 4. The predicted octanol–water partition coefficient (Wildman–Crippen LogP) is 2.10. The second kappa shape index (κ2) is 5.44. The van der Waals surface area contributed by atoms with Crippen LogP contribution in [0.5, 0.6) is 0 Å². The van der Waals surface area contributed by atoms with Crippen molar-refractivity contribution in [3.05, 3.63) is 29.8 Å². The molecule has 2 bridgehead atoms. The zero-order valence-electron chi connectivity index (χ0n) is 13.3. The molecule has 0 unspecified atom stereocenters. The number of benzene rings is 1. The van der Waals surface area contributed by atoms with Crippen LogP contribution < -0.4 is 5.32 Å². The molecule has 1 aromatic heterocycles. The first-order valence-electron chi connectivity index (χ1n) is 8.28. The van der Waals surface area contributed by atoms with E-state index in [1.807, 2.05) is 31.2 Å². The maximum absolute atomic E-state index is 12.3. The van der Waals surface area contributed by atoms with Crippen molar-refractivity contribution < 1.29 is 4.79 Å². The maximum atomic E-state index is 12.3. The third kappa shape index (κ3) is 2.85. The number of carbonyl (C=O) groups excluding carboxylic acids is 1. The number of carbonyl (C=O) groups is 1. The van der Waals surface area contributed by atoms with Gasteiger partial charge in [0.25, 0.3) is 0 Å². The fourth-order valence-electron chi connectivity index (χ4n) is 3.96. The Morgan fingerprint density at radius 2 is 2.04 bits per heavy atom. The molecule has 0 aliphatic heterocycles. The van der Waals surface area contributed by atoms with E-state index in [1.54, 1.807) is 0 Å².